The molecule has 18 heteroatoms. The molecule has 0 radical (unpaired) electrons. The average Bonchev–Trinajstić information content (AvgIpc) is 2.90. The van der Waals surface area contributed by atoms with Crippen LogP contribution in [-0.4, -0.2) is 170 Å². The second-order valence-electron chi connectivity index (χ2n) is 9.85. The summed E-state index contributed by atoms with van der Waals surface area (Å²) in [6.07, 6.45) is -21.0. The normalized spacial score (nSPS) is 46.0. The lowest BCUT2D eigenvalue weighted by molar-refractivity contribution is -0.345. The van der Waals surface area contributed by atoms with Gasteiger partial charge in [-0.15, -0.1) is 0 Å². The molecule has 11 N–H and O–H groups in total. The van der Waals surface area contributed by atoms with Crippen molar-refractivity contribution >= 4 is 11.8 Å². The Morgan fingerprint density at radius 2 is 1.18 bits per heavy atom. The Hall–Kier alpha value is -1.62. The van der Waals surface area contributed by atoms with E-state index in [1.165, 1.54) is 0 Å². The van der Waals surface area contributed by atoms with Crippen LogP contribution in [0.5, 0.6) is 0 Å². The van der Waals surface area contributed by atoms with Crippen LogP contribution in [0.15, 0.2) is 0 Å². The fourth-order valence-corrected chi connectivity index (χ4v) is 4.76. The summed E-state index contributed by atoms with van der Waals surface area (Å²) in [6.45, 7) is 0.184. The first kappa shape index (κ1) is 32.9. The van der Waals surface area contributed by atoms with Gasteiger partial charge in [-0.05, 0) is 0 Å². The third-order valence-corrected chi connectivity index (χ3v) is 6.88. The molecule has 0 spiro atoms. The highest BCUT2D eigenvalue weighted by atomic mass is 16.7. The predicted molar refractivity (Wildman–Crippen MR) is 124 cm³/mol. The number of hydrogen-bond donors (Lipinski definition) is 11. The van der Waals surface area contributed by atoms with Gasteiger partial charge in [-0.25, -0.2) is 0 Å². The van der Waals surface area contributed by atoms with Crippen molar-refractivity contribution in [2.45, 2.75) is 106 Å². The van der Waals surface area contributed by atoms with Crippen molar-refractivity contribution in [2.24, 2.45) is 0 Å². The zero-order valence-electron chi connectivity index (χ0n) is 21.7. The van der Waals surface area contributed by atoms with E-state index >= 15 is 0 Å². The van der Waals surface area contributed by atoms with Gasteiger partial charge in [-0.3, -0.25) is 9.59 Å². The Bertz CT molecular complexity index is 852. The molecule has 0 saturated carbocycles. The number of rotatable bonds is 9. The van der Waals surface area contributed by atoms with Crippen LogP contribution in [0.25, 0.3) is 0 Å². The van der Waals surface area contributed by atoms with Crippen molar-refractivity contribution in [3.8, 4) is 0 Å². The Balaban J connectivity index is 1.78. The number of nitrogens with one attached hydrogen (secondary N) is 2. The van der Waals surface area contributed by atoms with Gasteiger partial charge in [-0.2, -0.15) is 0 Å². The number of aliphatic hydroxyl groups is 9. The lowest BCUT2D eigenvalue weighted by Crippen LogP contribution is -2.68. The highest BCUT2D eigenvalue weighted by Gasteiger charge is 2.52. The van der Waals surface area contributed by atoms with E-state index in [0.29, 0.717) is 0 Å². The maximum absolute atomic E-state index is 11.8. The van der Waals surface area contributed by atoms with Gasteiger partial charge in [-0.1, -0.05) is 0 Å². The van der Waals surface area contributed by atoms with Gasteiger partial charge in [0.2, 0.25) is 11.8 Å². The molecular weight excluding hydrogens is 548 g/mol. The highest BCUT2D eigenvalue weighted by Crippen LogP contribution is 2.30. The minimum Gasteiger partial charge on any atom is -0.394 e. The maximum atomic E-state index is 11.8. The van der Waals surface area contributed by atoms with E-state index in [1.807, 2.05) is 0 Å². The molecule has 232 valence electrons. The van der Waals surface area contributed by atoms with Gasteiger partial charge in [0.15, 0.2) is 18.9 Å². The molecule has 2 amide bonds. The number of hydrogen-bond acceptors (Lipinski definition) is 16. The highest BCUT2D eigenvalue weighted by molar-refractivity contribution is 5.73. The molecule has 40 heavy (non-hydrogen) atoms. The lowest BCUT2D eigenvalue weighted by atomic mass is 9.95. The SMILES string of the molecule is CC(=O)NC1[C@H](OCC2OC(O)C(NC(C)=O)[C@@H](O[C@@H]3OC(CO)[C@H](O)[C@H](O)C3O)[C@H]2O)OC(CO)[C@@H](O)[C@@H]1O. The summed E-state index contributed by atoms with van der Waals surface area (Å²) in [5, 5.41) is 96.3. The average molecular weight is 587 g/mol. The first-order valence-electron chi connectivity index (χ1n) is 12.6. The molecule has 0 bridgehead atoms. The van der Waals surface area contributed by atoms with Crippen molar-refractivity contribution in [1.82, 2.24) is 10.6 Å². The number of aliphatic hydroxyl groups excluding tert-OH is 9. The van der Waals surface area contributed by atoms with Gasteiger partial charge in [0.25, 0.3) is 0 Å². The van der Waals surface area contributed by atoms with Gasteiger partial charge in [0.05, 0.1) is 19.8 Å². The van der Waals surface area contributed by atoms with Gasteiger partial charge in [0, 0.05) is 13.8 Å². The van der Waals surface area contributed by atoms with Crippen LogP contribution in [0.1, 0.15) is 13.8 Å². The molecule has 15 atom stereocenters. The fraction of sp³-hybridized carbons (Fsp3) is 0.909. The maximum Gasteiger partial charge on any atom is 0.217 e. The predicted octanol–water partition coefficient (Wildman–Crippen LogP) is -7.29. The summed E-state index contributed by atoms with van der Waals surface area (Å²) in [4.78, 5) is 23.4. The Morgan fingerprint density at radius 1 is 0.650 bits per heavy atom. The summed E-state index contributed by atoms with van der Waals surface area (Å²) in [5.41, 5.74) is 0. The van der Waals surface area contributed by atoms with Crippen LogP contribution in [-0.2, 0) is 33.3 Å². The summed E-state index contributed by atoms with van der Waals surface area (Å²) in [7, 11) is 0. The minimum absolute atomic E-state index is 0.596. The molecule has 18 nitrogen and oxygen atoms in total. The van der Waals surface area contributed by atoms with Crippen LogP contribution >= 0.6 is 0 Å². The van der Waals surface area contributed by atoms with E-state index in [4.69, 9.17) is 23.7 Å². The number of carbonyl (C=O) groups is 2. The Kier molecular flexibility index (Phi) is 11.5. The van der Waals surface area contributed by atoms with E-state index in [0.717, 1.165) is 13.8 Å². The summed E-state index contributed by atoms with van der Waals surface area (Å²) in [6, 6.07) is -2.75. The third kappa shape index (κ3) is 7.23. The van der Waals surface area contributed by atoms with Crippen LogP contribution in [0, 0.1) is 0 Å². The van der Waals surface area contributed by atoms with E-state index < -0.39 is 124 Å². The molecule has 3 fully saturated rings. The second-order valence-corrected chi connectivity index (χ2v) is 9.85. The monoisotopic (exact) mass is 586 g/mol. The van der Waals surface area contributed by atoms with E-state index in [2.05, 4.69) is 10.6 Å². The van der Waals surface area contributed by atoms with Crippen LogP contribution in [0.3, 0.4) is 0 Å². The standard InChI is InChI=1S/C22H38N2O16/c1-6(27)23-11-16(32)13(29)8(3-25)38-21(11)36-5-10-15(31)19(12(20(35)37-10)24-7(2)28)40-22-18(34)17(33)14(30)9(4-26)39-22/h8-22,25-26,29-35H,3-5H2,1-2H3,(H,23,27)(H,24,28)/t8?,9?,10?,11?,12?,13-,14+,15+,16-,17+,18?,19-,20?,21-,22+/m1/s1. The lowest BCUT2D eigenvalue weighted by Gasteiger charge is -2.47. The largest absolute Gasteiger partial charge is 0.394 e. The third-order valence-electron chi connectivity index (χ3n) is 6.88. The number of amides is 2. The molecule has 3 rings (SSSR count). The first-order chi connectivity index (χ1) is 18.8. The zero-order chi connectivity index (χ0) is 29.9. The van der Waals surface area contributed by atoms with Crippen LogP contribution in [0.4, 0.5) is 0 Å². The Morgan fingerprint density at radius 3 is 1.73 bits per heavy atom. The summed E-state index contributed by atoms with van der Waals surface area (Å²) >= 11 is 0. The van der Waals surface area contributed by atoms with Crippen molar-refractivity contribution in [1.29, 1.82) is 0 Å². The molecule has 7 unspecified atom stereocenters. The van der Waals surface area contributed by atoms with E-state index in [9.17, 15) is 55.5 Å². The van der Waals surface area contributed by atoms with Crippen molar-refractivity contribution in [2.75, 3.05) is 19.8 Å². The molecule has 3 heterocycles. The summed E-state index contributed by atoms with van der Waals surface area (Å²) < 4.78 is 27.4. The molecule has 0 aliphatic carbocycles. The van der Waals surface area contributed by atoms with E-state index in [1.54, 1.807) is 0 Å². The first-order valence-corrected chi connectivity index (χ1v) is 12.6. The van der Waals surface area contributed by atoms with Crippen molar-refractivity contribution < 1.29 is 79.2 Å². The fourth-order valence-electron chi connectivity index (χ4n) is 4.76. The molecule has 3 saturated heterocycles. The minimum atomic E-state index is -1.87. The number of carbonyl (C=O) groups excluding carboxylic acids is 2. The zero-order valence-corrected chi connectivity index (χ0v) is 21.7. The molecule has 0 aromatic rings. The van der Waals surface area contributed by atoms with Crippen molar-refractivity contribution in [3.63, 3.8) is 0 Å². The van der Waals surface area contributed by atoms with Crippen LogP contribution in [0.2, 0.25) is 0 Å². The molecular formula is C22H38N2O16. The van der Waals surface area contributed by atoms with Crippen LogP contribution < -0.4 is 10.6 Å². The van der Waals surface area contributed by atoms with Gasteiger partial charge >= 0.3 is 0 Å². The Labute approximate surface area is 228 Å². The van der Waals surface area contributed by atoms with Gasteiger partial charge in [0.1, 0.15) is 73.1 Å². The second kappa shape index (κ2) is 14.0. The molecule has 3 aliphatic rings. The topological polar surface area (TPSA) is 286 Å². The molecule has 3 aliphatic heterocycles. The van der Waals surface area contributed by atoms with E-state index in [-0.39, 0.29) is 0 Å². The smallest absolute Gasteiger partial charge is 0.217 e. The summed E-state index contributed by atoms with van der Waals surface area (Å²) in [5.74, 6) is -1.26. The quantitative estimate of drug-likeness (QED) is 0.120. The van der Waals surface area contributed by atoms with Crippen molar-refractivity contribution in [3.05, 3.63) is 0 Å². The van der Waals surface area contributed by atoms with Gasteiger partial charge < -0.3 is 80.3 Å². The molecule has 0 aromatic heterocycles. The molecule has 0 aromatic carbocycles. The number of ether oxygens (including phenoxy) is 5.